The van der Waals surface area contributed by atoms with Gasteiger partial charge in [-0.2, -0.15) is 0 Å². The van der Waals surface area contributed by atoms with Crippen molar-refractivity contribution in [3.8, 4) is 0 Å². The van der Waals surface area contributed by atoms with Crippen molar-refractivity contribution in [2.75, 3.05) is 0 Å². The van der Waals surface area contributed by atoms with Gasteiger partial charge in [0.15, 0.2) is 0 Å². The first-order valence-electron chi connectivity index (χ1n) is 16.2. The van der Waals surface area contributed by atoms with E-state index in [2.05, 4.69) is 172 Å². The van der Waals surface area contributed by atoms with E-state index >= 15 is 0 Å². The van der Waals surface area contributed by atoms with E-state index in [9.17, 15) is 0 Å². The molecule has 0 aliphatic heterocycles. The third-order valence-electron chi connectivity index (χ3n) is 7.74. The van der Waals surface area contributed by atoms with Crippen LogP contribution in [0.25, 0.3) is 0 Å². The van der Waals surface area contributed by atoms with Crippen molar-refractivity contribution in [1.82, 2.24) is 0 Å². The molecular formula is C46H38Fe2P2+4. The van der Waals surface area contributed by atoms with E-state index in [0.717, 1.165) is 0 Å². The summed E-state index contributed by atoms with van der Waals surface area (Å²) in [6, 6.07) is 43.7. The van der Waals surface area contributed by atoms with E-state index in [1.807, 2.05) is 64.2 Å². The largest absolute Gasteiger partial charge is 2.00 e. The van der Waals surface area contributed by atoms with Crippen LogP contribution in [-0.4, -0.2) is 0 Å². The summed E-state index contributed by atoms with van der Waals surface area (Å²) in [5.41, 5.74) is 2.80. The minimum absolute atomic E-state index is 0. The molecular weight excluding hydrogens is 726 g/mol. The average Bonchev–Trinajstić information content (AvgIpc) is 4.00. The maximum atomic E-state index is 2.32. The van der Waals surface area contributed by atoms with E-state index in [1.54, 1.807) is 0 Å². The molecule has 0 heterocycles. The van der Waals surface area contributed by atoms with Gasteiger partial charge < -0.3 is 0 Å². The summed E-state index contributed by atoms with van der Waals surface area (Å²) in [5, 5.41) is 5.50. The van der Waals surface area contributed by atoms with E-state index in [-0.39, 0.29) is 34.1 Å². The van der Waals surface area contributed by atoms with E-state index in [1.165, 1.54) is 44.4 Å². The van der Waals surface area contributed by atoms with Gasteiger partial charge in [0.1, 0.15) is 0 Å². The Labute approximate surface area is 328 Å². The van der Waals surface area contributed by atoms with Gasteiger partial charge in [-0.3, -0.25) is 0 Å². The third-order valence-corrected chi connectivity index (χ3v) is 12.8. The Bertz CT molecular complexity index is 1250. The van der Waals surface area contributed by atoms with Gasteiger partial charge in [-0.25, -0.2) is 0 Å². The molecule has 0 unspecified atom stereocenters. The summed E-state index contributed by atoms with van der Waals surface area (Å²) < 4.78 is 0. The average molecular weight is 764 g/mol. The molecule has 4 saturated carbocycles. The zero-order chi connectivity index (χ0) is 32.6. The van der Waals surface area contributed by atoms with E-state index in [0.29, 0.717) is 0 Å². The fraction of sp³-hybridized carbons (Fsp3) is 0. The molecule has 4 aromatic carbocycles. The van der Waals surface area contributed by atoms with Gasteiger partial charge in [0.2, 0.25) is 0 Å². The first-order valence-corrected chi connectivity index (χ1v) is 18.9. The topological polar surface area (TPSA) is 0 Å². The van der Waals surface area contributed by atoms with Crippen molar-refractivity contribution < 1.29 is 34.1 Å². The fourth-order valence-corrected chi connectivity index (χ4v) is 10.4. The SMILES string of the molecule is [CH]1[CH][CH][CH][CH]1.[CH]1[CH][CH][CH][CH]1.[CH]1[CH][C](/C=C/[C]2[CH][CH][CH][C]2P(c2ccccc2)c2ccccc2)[C](P(c2ccccc2)c2ccccc2)[CH]1.[Fe+2].[Fe+2]. The number of allylic oxidation sites excluding steroid dienone is 2. The third kappa shape index (κ3) is 12.0. The summed E-state index contributed by atoms with van der Waals surface area (Å²) in [6.45, 7) is 0. The van der Waals surface area contributed by atoms with Gasteiger partial charge in [0, 0.05) is 23.2 Å². The molecule has 0 spiro atoms. The second-order valence-corrected chi connectivity index (χ2v) is 15.4. The van der Waals surface area contributed by atoms with Crippen LogP contribution in [0.4, 0.5) is 0 Å². The van der Waals surface area contributed by atoms with Crippen LogP contribution >= 0.6 is 15.8 Å². The van der Waals surface area contributed by atoms with Crippen LogP contribution in [0, 0.1) is 126 Å². The molecule has 244 valence electrons. The summed E-state index contributed by atoms with van der Waals surface area (Å²) in [4.78, 5) is 0. The zero-order valence-corrected chi connectivity index (χ0v) is 31.5. The van der Waals surface area contributed by atoms with Crippen molar-refractivity contribution in [2.45, 2.75) is 0 Å². The van der Waals surface area contributed by atoms with Crippen molar-refractivity contribution in [3.63, 3.8) is 0 Å². The second-order valence-electron chi connectivity index (χ2n) is 11.0. The number of hydrogen-bond donors (Lipinski definition) is 0. The molecule has 0 atom stereocenters. The van der Waals surface area contributed by atoms with Crippen molar-refractivity contribution in [3.05, 3.63) is 259 Å². The second kappa shape index (κ2) is 23.2. The minimum atomic E-state index is -0.638. The molecule has 4 aliphatic carbocycles. The normalized spacial score (nSPS) is 18.4. The summed E-state index contributed by atoms with van der Waals surface area (Å²) >= 11 is 0. The van der Waals surface area contributed by atoms with Crippen LogP contribution < -0.4 is 21.2 Å². The van der Waals surface area contributed by atoms with Crippen LogP contribution in [-0.2, 0) is 34.1 Å². The molecule has 4 heteroatoms. The molecule has 0 bridgehead atoms. The standard InChI is InChI=1S/C36H28P2.2C5H5.2Fe/c1-5-17-31(18-6-1)37(32-19-7-2-8-20-32)35-25-13-15-29(35)27-28-30-16-14-26-36(30)38(33-21-9-3-10-22-33)34-23-11-4-12-24-34;2*1-2-4-5-3-1;;/h1-28H;2*1-5H;;/q;;;2*+2/b28-27+;;;;. The Morgan fingerprint density at radius 1 is 0.280 bits per heavy atom. The first-order chi connectivity index (χ1) is 23.9. The zero-order valence-electron chi connectivity index (χ0n) is 27.5. The summed E-state index contributed by atoms with van der Waals surface area (Å²) in [5.74, 6) is 2.58. The Hall–Kier alpha value is -1.48. The molecule has 0 aromatic heterocycles. The van der Waals surface area contributed by atoms with Gasteiger partial charge in [-0.15, -0.1) is 0 Å². The van der Waals surface area contributed by atoms with Gasteiger partial charge in [-0.1, -0.05) is 133 Å². The first kappa shape index (κ1) is 41.3. The molecule has 20 radical (unpaired) electrons. The molecule has 0 nitrogen and oxygen atoms in total. The van der Waals surface area contributed by atoms with Crippen molar-refractivity contribution in [1.29, 1.82) is 0 Å². The molecule has 0 amide bonds. The molecule has 0 N–H and O–H groups in total. The minimum Gasteiger partial charge on any atom is -0.0795 e. The van der Waals surface area contributed by atoms with Crippen LogP contribution in [0.3, 0.4) is 0 Å². The van der Waals surface area contributed by atoms with Crippen molar-refractivity contribution >= 4 is 37.1 Å². The van der Waals surface area contributed by atoms with E-state index < -0.39 is 15.8 Å². The molecule has 0 saturated heterocycles. The van der Waals surface area contributed by atoms with Gasteiger partial charge in [0.25, 0.3) is 0 Å². The van der Waals surface area contributed by atoms with Crippen LogP contribution in [0.2, 0.25) is 0 Å². The molecule has 50 heavy (non-hydrogen) atoms. The molecule has 4 aliphatic rings. The van der Waals surface area contributed by atoms with E-state index in [4.69, 9.17) is 0 Å². The Morgan fingerprint density at radius 2 is 0.520 bits per heavy atom. The summed E-state index contributed by atoms with van der Waals surface area (Å²) in [7, 11) is -1.28. The van der Waals surface area contributed by atoms with Gasteiger partial charge >= 0.3 is 34.1 Å². The van der Waals surface area contributed by atoms with Crippen LogP contribution in [0.15, 0.2) is 133 Å². The van der Waals surface area contributed by atoms with Gasteiger partial charge in [0.05, 0.1) is 0 Å². The Morgan fingerprint density at radius 3 is 0.760 bits per heavy atom. The number of rotatable bonds is 8. The number of benzene rings is 4. The number of hydrogen-bond acceptors (Lipinski definition) is 0. The Balaban J connectivity index is 0.000000403. The smallest absolute Gasteiger partial charge is 0.0795 e. The predicted octanol–water partition coefficient (Wildman–Crippen LogP) is 9.31. The van der Waals surface area contributed by atoms with Gasteiger partial charge in [-0.05, 0) is 140 Å². The monoisotopic (exact) mass is 764 g/mol. The molecule has 4 fully saturated rings. The molecule has 4 aromatic rings. The summed E-state index contributed by atoms with van der Waals surface area (Å²) in [6.07, 6.45) is 38.2. The Kier molecular flexibility index (Phi) is 19.2. The quantitative estimate of drug-likeness (QED) is 0.124. The fourth-order valence-electron chi connectivity index (χ4n) is 5.52. The molecule has 8 rings (SSSR count). The van der Waals surface area contributed by atoms with Crippen molar-refractivity contribution in [2.24, 2.45) is 0 Å². The maximum Gasteiger partial charge on any atom is 2.00 e. The predicted molar refractivity (Wildman–Crippen MR) is 209 cm³/mol. The maximum absolute atomic E-state index is 2.32. The van der Waals surface area contributed by atoms with Crippen LogP contribution in [0.5, 0.6) is 0 Å². The van der Waals surface area contributed by atoms with Crippen LogP contribution in [0.1, 0.15) is 0 Å².